The lowest BCUT2D eigenvalue weighted by molar-refractivity contribution is -0.274. The van der Waals surface area contributed by atoms with Crippen LogP contribution in [0.2, 0.25) is 0 Å². The zero-order valence-electron chi connectivity index (χ0n) is 11.5. The summed E-state index contributed by atoms with van der Waals surface area (Å²) in [6.45, 7) is 1.54. The van der Waals surface area contributed by atoms with Gasteiger partial charge in [-0.05, 0) is 48.9 Å². The number of nitrogens with zero attached hydrogens (tertiary/aromatic N) is 1. The second kappa shape index (κ2) is 6.05. The Hall–Kier alpha value is -2.57. The Bertz CT molecular complexity index is 668. The molecule has 2 rings (SSSR count). The molecule has 0 fully saturated rings. The number of carbonyl (C=O) groups is 1. The number of hydrogen-bond donors (Lipinski definition) is 1. The van der Waals surface area contributed by atoms with E-state index in [2.05, 4.69) is 9.72 Å². The van der Waals surface area contributed by atoms with Gasteiger partial charge in [-0.3, -0.25) is 9.78 Å². The number of carboxylic acids is 1. The third-order valence-electron chi connectivity index (χ3n) is 3.04. The van der Waals surface area contributed by atoms with E-state index in [9.17, 15) is 18.0 Å². The third kappa shape index (κ3) is 3.97. The van der Waals surface area contributed by atoms with E-state index in [0.717, 1.165) is 0 Å². The van der Waals surface area contributed by atoms with Crippen molar-refractivity contribution < 1.29 is 27.8 Å². The number of benzene rings is 1. The molecule has 1 N–H and O–H groups in total. The Morgan fingerprint density at radius 2 is 1.86 bits per heavy atom. The van der Waals surface area contributed by atoms with Crippen LogP contribution in [0.15, 0.2) is 42.6 Å². The van der Waals surface area contributed by atoms with Gasteiger partial charge in [-0.1, -0.05) is 0 Å². The summed E-state index contributed by atoms with van der Waals surface area (Å²) >= 11 is 0. The summed E-state index contributed by atoms with van der Waals surface area (Å²) in [5.41, 5.74) is 1.60. The molecular weight excluding hydrogens is 299 g/mol. The fourth-order valence-corrected chi connectivity index (χ4v) is 1.84. The third-order valence-corrected chi connectivity index (χ3v) is 3.04. The largest absolute Gasteiger partial charge is 0.573 e. The Morgan fingerprint density at radius 1 is 1.23 bits per heavy atom. The van der Waals surface area contributed by atoms with E-state index in [-0.39, 0.29) is 5.75 Å². The Kier molecular flexibility index (Phi) is 4.35. The maximum absolute atomic E-state index is 12.1. The molecule has 1 heterocycles. The highest BCUT2D eigenvalue weighted by atomic mass is 19.4. The first kappa shape index (κ1) is 15.8. The minimum absolute atomic E-state index is 0.327. The molecule has 22 heavy (non-hydrogen) atoms. The molecule has 1 unspecified atom stereocenters. The Balaban J connectivity index is 2.25. The first-order chi connectivity index (χ1) is 10.3. The van der Waals surface area contributed by atoms with E-state index in [1.54, 1.807) is 19.1 Å². The number of carboxylic acid groups (broad SMARTS) is 1. The Morgan fingerprint density at radius 3 is 2.41 bits per heavy atom. The van der Waals surface area contributed by atoms with Crippen molar-refractivity contribution in [2.24, 2.45) is 0 Å². The van der Waals surface area contributed by atoms with Gasteiger partial charge in [-0.15, -0.1) is 13.2 Å². The molecule has 4 nitrogen and oxygen atoms in total. The predicted octanol–water partition coefficient (Wildman–Crippen LogP) is 3.84. The Labute approximate surface area is 124 Å². The van der Waals surface area contributed by atoms with Crippen molar-refractivity contribution in [3.05, 3.63) is 48.2 Å². The lowest BCUT2D eigenvalue weighted by Crippen LogP contribution is -2.16. The van der Waals surface area contributed by atoms with E-state index in [4.69, 9.17) is 5.11 Å². The maximum Gasteiger partial charge on any atom is 0.573 e. The topological polar surface area (TPSA) is 59.4 Å². The zero-order valence-corrected chi connectivity index (χ0v) is 11.5. The molecule has 1 atom stereocenters. The second-order valence-corrected chi connectivity index (χ2v) is 4.61. The van der Waals surface area contributed by atoms with Crippen molar-refractivity contribution in [2.75, 3.05) is 0 Å². The molecule has 0 bridgehead atoms. The summed E-state index contributed by atoms with van der Waals surface area (Å²) in [5, 5.41) is 9.00. The smallest absolute Gasteiger partial charge is 0.481 e. The van der Waals surface area contributed by atoms with Gasteiger partial charge in [-0.25, -0.2) is 0 Å². The minimum atomic E-state index is -4.74. The molecule has 116 valence electrons. The minimum Gasteiger partial charge on any atom is -0.481 e. The van der Waals surface area contributed by atoms with Crippen LogP contribution in [0.4, 0.5) is 13.2 Å². The van der Waals surface area contributed by atoms with Crippen LogP contribution in [0, 0.1) is 0 Å². The van der Waals surface area contributed by atoms with Crippen molar-refractivity contribution in [3.63, 3.8) is 0 Å². The average molecular weight is 311 g/mol. The van der Waals surface area contributed by atoms with E-state index in [1.807, 2.05) is 0 Å². The highest BCUT2D eigenvalue weighted by molar-refractivity contribution is 5.76. The first-order valence-electron chi connectivity index (χ1n) is 6.31. The number of alkyl halides is 3. The fourth-order valence-electron chi connectivity index (χ4n) is 1.84. The second-order valence-electron chi connectivity index (χ2n) is 4.61. The van der Waals surface area contributed by atoms with Crippen molar-refractivity contribution >= 4 is 5.97 Å². The van der Waals surface area contributed by atoms with Gasteiger partial charge in [0.05, 0.1) is 11.6 Å². The van der Waals surface area contributed by atoms with Gasteiger partial charge in [0.25, 0.3) is 0 Å². The number of pyridine rings is 1. The van der Waals surface area contributed by atoms with Gasteiger partial charge >= 0.3 is 12.3 Å². The number of hydrogen-bond acceptors (Lipinski definition) is 3. The summed E-state index contributed by atoms with van der Waals surface area (Å²) in [6.07, 6.45) is -3.28. The summed E-state index contributed by atoms with van der Waals surface area (Å²) in [5.74, 6) is -1.99. The van der Waals surface area contributed by atoms with Crippen LogP contribution in [-0.4, -0.2) is 22.4 Å². The molecule has 2 aromatic rings. The lowest BCUT2D eigenvalue weighted by atomic mass is 10.00. The van der Waals surface area contributed by atoms with Gasteiger partial charge in [0, 0.05) is 11.8 Å². The van der Waals surface area contributed by atoms with Crippen LogP contribution < -0.4 is 4.74 Å². The van der Waals surface area contributed by atoms with Crippen molar-refractivity contribution in [1.82, 2.24) is 4.98 Å². The van der Waals surface area contributed by atoms with Crippen molar-refractivity contribution in [2.45, 2.75) is 19.2 Å². The van der Waals surface area contributed by atoms with Gasteiger partial charge in [0.1, 0.15) is 5.75 Å². The van der Waals surface area contributed by atoms with Crippen LogP contribution in [-0.2, 0) is 4.79 Å². The monoisotopic (exact) mass is 311 g/mol. The molecule has 0 aliphatic carbocycles. The number of aliphatic carboxylic acids is 1. The number of aromatic nitrogens is 1. The number of rotatable bonds is 4. The standard InChI is InChI=1S/C15H12F3NO3/c1-9(14(20)21)11-6-7-19-13(8-11)10-2-4-12(5-3-10)22-15(16,17)18/h2-9H,1H3,(H,20,21). The van der Waals surface area contributed by atoms with Crippen molar-refractivity contribution in [1.29, 1.82) is 0 Å². The molecule has 0 aliphatic rings. The molecule has 0 amide bonds. The molecule has 1 aromatic carbocycles. The van der Waals surface area contributed by atoms with Gasteiger partial charge < -0.3 is 9.84 Å². The van der Waals surface area contributed by atoms with E-state index in [0.29, 0.717) is 16.8 Å². The number of ether oxygens (including phenoxy) is 1. The average Bonchev–Trinajstić information content (AvgIpc) is 2.45. The quantitative estimate of drug-likeness (QED) is 0.932. The van der Waals surface area contributed by atoms with Crippen LogP contribution in [0.3, 0.4) is 0 Å². The first-order valence-corrected chi connectivity index (χ1v) is 6.31. The molecule has 0 radical (unpaired) electrons. The summed E-state index contributed by atoms with van der Waals surface area (Å²) in [7, 11) is 0. The summed E-state index contributed by atoms with van der Waals surface area (Å²) in [4.78, 5) is 15.1. The van der Waals surface area contributed by atoms with Crippen LogP contribution in [0.25, 0.3) is 11.3 Å². The molecular formula is C15H12F3NO3. The normalized spacial score (nSPS) is 12.7. The molecule has 0 saturated heterocycles. The van der Waals surface area contributed by atoms with Gasteiger partial charge in [0.2, 0.25) is 0 Å². The lowest BCUT2D eigenvalue weighted by Gasteiger charge is -2.10. The molecule has 1 aromatic heterocycles. The zero-order chi connectivity index (χ0) is 16.3. The fraction of sp³-hybridized carbons (Fsp3) is 0.200. The van der Waals surface area contributed by atoms with Gasteiger partial charge in [0.15, 0.2) is 0 Å². The molecule has 0 saturated carbocycles. The maximum atomic E-state index is 12.1. The highest BCUT2D eigenvalue weighted by Gasteiger charge is 2.30. The van der Waals surface area contributed by atoms with E-state index in [1.165, 1.54) is 30.5 Å². The van der Waals surface area contributed by atoms with E-state index >= 15 is 0 Å². The highest BCUT2D eigenvalue weighted by Crippen LogP contribution is 2.27. The van der Waals surface area contributed by atoms with Gasteiger partial charge in [-0.2, -0.15) is 0 Å². The van der Waals surface area contributed by atoms with E-state index < -0.39 is 18.2 Å². The molecule has 7 heteroatoms. The predicted molar refractivity (Wildman–Crippen MR) is 72.4 cm³/mol. The summed E-state index contributed by atoms with van der Waals surface area (Å²) < 4.78 is 40.1. The molecule has 0 spiro atoms. The van der Waals surface area contributed by atoms with Crippen LogP contribution >= 0.6 is 0 Å². The number of halogens is 3. The van der Waals surface area contributed by atoms with Crippen LogP contribution in [0.5, 0.6) is 5.75 Å². The van der Waals surface area contributed by atoms with Crippen LogP contribution in [0.1, 0.15) is 18.4 Å². The SMILES string of the molecule is CC(C(=O)O)c1ccnc(-c2ccc(OC(F)(F)F)cc2)c1. The van der Waals surface area contributed by atoms with Crippen molar-refractivity contribution in [3.8, 4) is 17.0 Å². The summed E-state index contributed by atoms with van der Waals surface area (Å²) in [6, 6.07) is 8.40. The molecule has 0 aliphatic heterocycles.